The Kier molecular flexibility index (Phi) is 4.61. The number of hydrogen-bond donors (Lipinski definition) is 2. The summed E-state index contributed by atoms with van der Waals surface area (Å²) >= 11 is 0. The smallest absolute Gasteiger partial charge is 0.247 e. The molecular formula is C24H17N5O2. The van der Waals surface area contributed by atoms with Gasteiger partial charge in [-0.2, -0.15) is 0 Å². The second kappa shape index (κ2) is 7.72. The van der Waals surface area contributed by atoms with Crippen molar-refractivity contribution in [1.29, 1.82) is 0 Å². The molecule has 0 saturated carbocycles. The Bertz CT molecular complexity index is 1440. The fourth-order valence-electron chi connectivity index (χ4n) is 3.36. The minimum absolute atomic E-state index is 0.281. The number of H-pyrrole nitrogens is 1. The van der Waals surface area contributed by atoms with Crippen molar-refractivity contribution in [2.75, 3.05) is 5.32 Å². The number of carbonyl (C=O) groups excluding carboxylic acids is 1. The van der Waals surface area contributed by atoms with E-state index >= 15 is 0 Å². The molecule has 5 aromatic rings. The highest BCUT2D eigenvalue weighted by Gasteiger charge is 2.11. The first-order valence-electron chi connectivity index (χ1n) is 9.59. The summed E-state index contributed by atoms with van der Waals surface area (Å²) in [5, 5.41) is 4.60. The molecule has 7 nitrogen and oxygen atoms in total. The first kappa shape index (κ1) is 18.5. The van der Waals surface area contributed by atoms with Crippen molar-refractivity contribution in [3.8, 4) is 22.6 Å². The maximum absolute atomic E-state index is 11.5. The first-order chi connectivity index (χ1) is 15.2. The number of ether oxygens (including phenoxy) is 1. The monoisotopic (exact) mass is 407 g/mol. The number of carbonyl (C=O) groups is 1. The topological polar surface area (TPSA) is 92.8 Å². The fraction of sp³-hybridized carbons (Fsp3) is 0. The van der Waals surface area contributed by atoms with Crippen LogP contribution in [0.4, 0.5) is 5.69 Å². The predicted molar refractivity (Wildman–Crippen MR) is 120 cm³/mol. The van der Waals surface area contributed by atoms with E-state index in [1.807, 2.05) is 30.5 Å². The Balaban J connectivity index is 1.48. The predicted octanol–water partition coefficient (Wildman–Crippen LogP) is 5.09. The molecule has 0 saturated heterocycles. The molecule has 2 N–H and O–H groups in total. The van der Waals surface area contributed by atoms with Crippen LogP contribution in [-0.2, 0) is 4.79 Å². The van der Waals surface area contributed by atoms with Crippen LogP contribution in [0.25, 0.3) is 33.2 Å². The number of pyridine rings is 3. The third-order valence-corrected chi connectivity index (χ3v) is 4.79. The highest BCUT2D eigenvalue weighted by atomic mass is 16.5. The van der Waals surface area contributed by atoms with Gasteiger partial charge in [-0.3, -0.25) is 4.79 Å². The number of benzene rings is 1. The summed E-state index contributed by atoms with van der Waals surface area (Å²) in [6.07, 6.45) is 8.31. The lowest BCUT2D eigenvalue weighted by Crippen LogP contribution is -2.06. The lowest BCUT2D eigenvalue weighted by Gasteiger charge is -2.08. The molecule has 1 amide bonds. The summed E-state index contributed by atoms with van der Waals surface area (Å²) in [5.41, 5.74) is 4.00. The summed E-state index contributed by atoms with van der Waals surface area (Å²) in [6.45, 7) is 3.46. The standard InChI is InChI=1S/C24H17N5O2/c1-2-22(30)29-17-6-3-7-18(10-17)31-19-11-20-21(14-28-24(20)27-13-19)16-9-15-5-4-8-25-23(15)26-12-16/h2-14H,1H2,(H,27,28)(H,29,30). The van der Waals surface area contributed by atoms with Crippen molar-refractivity contribution in [3.63, 3.8) is 0 Å². The third-order valence-electron chi connectivity index (χ3n) is 4.79. The van der Waals surface area contributed by atoms with Gasteiger partial charge in [-0.15, -0.1) is 0 Å². The summed E-state index contributed by atoms with van der Waals surface area (Å²) in [7, 11) is 0. The van der Waals surface area contributed by atoms with Crippen LogP contribution in [0.5, 0.6) is 11.5 Å². The maximum atomic E-state index is 11.5. The Labute approximate surface area is 177 Å². The Morgan fingerprint density at radius 1 is 1.03 bits per heavy atom. The van der Waals surface area contributed by atoms with Gasteiger partial charge in [0.25, 0.3) is 0 Å². The molecule has 4 heterocycles. The normalized spacial score (nSPS) is 10.8. The van der Waals surface area contributed by atoms with Crippen LogP contribution in [0.3, 0.4) is 0 Å². The molecular weight excluding hydrogens is 390 g/mol. The van der Waals surface area contributed by atoms with E-state index in [0.717, 1.165) is 27.5 Å². The molecule has 0 radical (unpaired) electrons. The van der Waals surface area contributed by atoms with Gasteiger partial charge >= 0.3 is 0 Å². The van der Waals surface area contributed by atoms with Crippen molar-refractivity contribution < 1.29 is 9.53 Å². The summed E-state index contributed by atoms with van der Waals surface area (Å²) in [4.78, 5) is 27.9. The van der Waals surface area contributed by atoms with E-state index in [-0.39, 0.29) is 5.91 Å². The van der Waals surface area contributed by atoms with E-state index in [1.165, 1.54) is 6.08 Å². The SMILES string of the molecule is C=CC(=O)Nc1cccc(Oc2cnc3[nH]cc(-c4cnc5ncccc5c4)c3c2)c1. The number of fused-ring (bicyclic) bond motifs is 2. The van der Waals surface area contributed by atoms with Crippen LogP contribution in [0.1, 0.15) is 0 Å². The van der Waals surface area contributed by atoms with Crippen LogP contribution in [0, 0.1) is 0 Å². The quantitative estimate of drug-likeness (QED) is 0.396. The van der Waals surface area contributed by atoms with E-state index in [0.29, 0.717) is 22.8 Å². The van der Waals surface area contributed by atoms with Gasteiger partial charge in [-0.05, 0) is 42.5 Å². The number of aromatic nitrogens is 4. The van der Waals surface area contributed by atoms with E-state index in [1.54, 1.807) is 36.8 Å². The molecule has 4 aromatic heterocycles. The number of amides is 1. The number of rotatable bonds is 5. The number of aromatic amines is 1. The van der Waals surface area contributed by atoms with E-state index in [9.17, 15) is 4.79 Å². The molecule has 1 aromatic carbocycles. The van der Waals surface area contributed by atoms with Crippen molar-refractivity contribution in [2.24, 2.45) is 0 Å². The Hall–Kier alpha value is -4.52. The molecule has 0 bridgehead atoms. The van der Waals surface area contributed by atoms with Crippen molar-refractivity contribution in [1.82, 2.24) is 19.9 Å². The zero-order chi connectivity index (χ0) is 21.2. The van der Waals surface area contributed by atoms with Crippen LogP contribution in [-0.4, -0.2) is 25.8 Å². The zero-order valence-electron chi connectivity index (χ0n) is 16.4. The van der Waals surface area contributed by atoms with Crippen molar-refractivity contribution >= 4 is 33.7 Å². The van der Waals surface area contributed by atoms with Crippen LogP contribution >= 0.6 is 0 Å². The molecule has 7 heteroatoms. The lowest BCUT2D eigenvalue weighted by atomic mass is 10.1. The molecule has 150 valence electrons. The van der Waals surface area contributed by atoms with Gasteiger partial charge < -0.3 is 15.0 Å². The average Bonchev–Trinajstić information content (AvgIpc) is 3.22. The Morgan fingerprint density at radius 2 is 1.97 bits per heavy atom. The Morgan fingerprint density at radius 3 is 2.87 bits per heavy atom. The number of nitrogens with one attached hydrogen (secondary N) is 2. The van der Waals surface area contributed by atoms with E-state index in [2.05, 4.69) is 37.9 Å². The fourth-order valence-corrected chi connectivity index (χ4v) is 3.36. The molecule has 0 spiro atoms. The highest BCUT2D eigenvalue weighted by molar-refractivity contribution is 5.99. The van der Waals surface area contributed by atoms with Crippen LogP contribution in [0.15, 0.2) is 86.0 Å². The van der Waals surface area contributed by atoms with Gasteiger partial charge in [-0.25, -0.2) is 15.0 Å². The van der Waals surface area contributed by atoms with Crippen LogP contribution in [0.2, 0.25) is 0 Å². The molecule has 0 aliphatic rings. The maximum Gasteiger partial charge on any atom is 0.247 e. The number of nitrogens with zero attached hydrogens (tertiary/aromatic N) is 3. The lowest BCUT2D eigenvalue weighted by molar-refractivity contribution is -0.111. The summed E-state index contributed by atoms with van der Waals surface area (Å²) in [6, 6.07) is 15.0. The second-order valence-corrected chi connectivity index (χ2v) is 6.87. The molecule has 31 heavy (non-hydrogen) atoms. The molecule has 0 fully saturated rings. The van der Waals surface area contributed by atoms with Gasteiger partial charge in [0.1, 0.15) is 17.1 Å². The van der Waals surface area contributed by atoms with E-state index in [4.69, 9.17) is 4.74 Å². The summed E-state index contributed by atoms with van der Waals surface area (Å²) in [5.74, 6) is 0.880. The van der Waals surface area contributed by atoms with Crippen LogP contribution < -0.4 is 10.1 Å². The minimum atomic E-state index is -0.281. The minimum Gasteiger partial charge on any atom is -0.456 e. The van der Waals surface area contributed by atoms with E-state index < -0.39 is 0 Å². The van der Waals surface area contributed by atoms with Gasteiger partial charge in [-0.1, -0.05) is 12.6 Å². The first-order valence-corrected chi connectivity index (χ1v) is 9.59. The van der Waals surface area contributed by atoms with Gasteiger partial charge in [0.05, 0.1) is 6.20 Å². The molecule has 0 unspecified atom stereocenters. The second-order valence-electron chi connectivity index (χ2n) is 6.87. The van der Waals surface area contributed by atoms with Crippen molar-refractivity contribution in [3.05, 3.63) is 86.0 Å². The van der Waals surface area contributed by atoms with Gasteiger partial charge in [0.2, 0.25) is 5.91 Å². The molecule has 0 aliphatic carbocycles. The summed E-state index contributed by atoms with van der Waals surface area (Å²) < 4.78 is 5.99. The highest BCUT2D eigenvalue weighted by Crippen LogP contribution is 2.32. The van der Waals surface area contributed by atoms with Gasteiger partial charge in [0.15, 0.2) is 5.65 Å². The largest absolute Gasteiger partial charge is 0.456 e. The molecule has 0 aliphatic heterocycles. The number of hydrogen-bond acceptors (Lipinski definition) is 5. The molecule has 5 rings (SSSR count). The number of anilines is 1. The molecule has 0 atom stereocenters. The van der Waals surface area contributed by atoms with Crippen molar-refractivity contribution in [2.45, 2.75) is 0 Å². The zero-order valence-corrected chi connectivity index (χ0v) is 16.4. The third kappa shape index (κ3) is 3.72. The average molecular weight is 407 g/mol. The van der Waals surface area contributed by atoms with Gasteiger partial charge in [0, 0.05) is 52.2 Å².